The molecular formula is C27H34N4O5. The number of nitrogens with zero attached hydrogens (tertiary/aromatic N) is 2. The number of rotatable bonds is 7. The van der Waals surface area contributed by atoms with Gasteiger partial charge in [0, 0.05) is 30.0 Å². The number of carbonyl (C=O) groups excluding carboxylic acids is 2. The molecule has 0 unspecified atom stereocenters. The van der Waals surface area contributed by atoms with Crippen molar-refractivity contribution in [1.29, 1.82) is 0 Å². The number of nitrogens with one attached hydrogen (secondary N) is 1. The van der Waals surface area contributed by atoms with Crippen LogP contribution < -0.4 is 11.1 Å². The first kappa shape index (κ1) is 25.5. The van der Waals surface area contributed by atoms with Gasteiger partial charge in [-0.2, -0.15) is 0 Å². The molecule has 192 valence electrons. The first-order valence-electron chi connectivity index (χ1n) is 12.3. The highest BCUT2D eigenvalue weighted by molar-refractivity contribution is 5.92. The molecule has 2 heterocycles. The summed E-state index contributed by atoms with van der Waals surface area (Å²) >= 11 is 0. The van der Waals surface area contributed by atoms with Crippen LogP contribution in [0.1, 0.15) is 45.6 Å². The second kappa shape index (κ2) is 10.6. The quantitative estimate of drug-likeness (QED) is 0.437. The van der Waals surface area contributed by atoms with Crippen LogP contribution in [0.2, 0.25) is 0 Å². The molecule has 9 nitrogen and oxygen atoms in total. The van der Waals surface area contributed by atoms with Crippen LogP contribution in [-0.2, 0) is 14.3 Å². The standard InChI is InChI=1S/C27H34N4O5/c1-5-27(3,4)36-26(33)31-12-10-21(11-13-31)34-16-23(32)29-20-8-6-18(7-9-20)25-30-22-15-19(28)14-17(2)24(22)35-25/h6-9,14-15,21H,5,10-13,16,28H2,1-4H3,(H,29,32). The zero-order chi connectivity index (χ0) is 25.9. The van der Waals surface area contributed by atoms with Crippen molar-refractivity contribution < 1.29 is 23.5 Å². The third-order valence-corrected chi connectivity index (χ3v) is 6.48. The summed E-state index contributed by atoms with van der Waals surface area (Å²) in [6.45, 7) is 8.77. The van der Waals surface area contributed by atoms with E-state index in [0.717, 1.165) is 17.5 Å². The number of aromatic nitrogens is 1. The molecule has 2 aromatic carbocycles. The van der Waals surface area contributed by atoms with Gasteiger partial charge in [0.2, 0.25) is 11.8 Å². The van der Waals surface area contributed by atoms with Gasteiger partial charge in [-0.3, -0.25) is 4.79 Å². The number of likely N-dealkylation sites (tertiary alicyclic amines) is 1. The smallest absolute Gasteiger partial charge is 0.410 e. The number of oxazole rings is 1. The van der Waals surface area contributed by atoms with Gasteiger partial charge in [0.1, 0.15) is 17.7 Å². The lowest BCUT2D eigenvalue weighted by Crippen LogP contribution is -2.44. The third-order valence-electron chi connectivity index (χ3n) is 6.48. The van der Waals surface area contributed by atoms with Gasteiger partial charge in [0.05, 0.1) is 6.10 Å². The number of nitrogens with two attached hydrogens (primary N) is 1. The molecule has 1 aromatic heterocycles. The maximum atomic E-state index is 12.4. The van der Waals surface area contributed by atoms with E-state index in [2.05, 4.69) is 10.3 Å². The molecule has 3 N–H and O–H groups in total. The van der Waals surface area contributed by atoms with Crippen molar-refractivity contribution in [1.82, 2.24) is 9.88 Å². The fourth-order valence-electron chi connectivity index (χ4n) is 4.02. The Morgan fingerprint density at radius 2 is 1.89 bits per heavy atom. The number of amides is 2. The summed E-state index contributed by atoms with van der Waals surface area (Å²) in [5, 5.41) is 2.85. The number of piperidine rings is 1. The fourth-order valence-corrected chi connectivity index (χ4v) is 4.02. The number of anilines is 2. The number of carbonyl (C=O) groups is 2. The first-order chi connectivity index (χ1) is 17.1. The van der Waals surface area contributed by atoms with Gasteiger partial charge in [-0.25, -0.2) is 9.78 Å². The maximum absolute atomic E-state index is 12.4. The SMILES string of the molecule is CCC(C)(C)OC(=O)N1CCC(OCC(=O)Nc2ccc(-c3nc4cc(N)cc(C)c4o3)cc2)CC1. The molecule has 0 atom stereocenters. The minimum absolute atomic E-state index is 0.0500. The van der Waals surface area contributed by atoms with E-state index in [1.54, 1.807) is 23.1 Å². The van der Waals surface area contributed by atoms with E-state index >= 15 is 0 Å². The van der Waals surface area contributed by atoms with E-state index in [4.69, 9.17) is 19.6 Å². The Labute approximate surface area is 210 Å². The summed E-state index contributed by atoms with van der Waals surface area (Å²) in [5.41, 5.74) is 9.87. The molecule has 9 heteroatoms. The van der Waals surface area contributed by atoms with Crippen LogP contribution in [0, 0.1) is 6.92 Å². The van der Waals surface area contributed by atoms with Crippen LogP contribution in [0.15, 0.2) is 40.8 Å². The number of hydrogen-bond acceptors (Lipinski definition) is 7. The lowest BCUT2D eigenvalue weighted by atomic mass is 10.1. The van der Waals surface area contributed by atoms with E-state index < -0.39 is 5.60 Å². The Kier molecular flexibility index (Phi) is 7.49. The predicted octanol–water partition coefficient (Wildman–Crippen LogP) is 5.13. The van der Waals surface area contributed by atoms with Crippen molar-refractivity contribution in [3.63, 3.8) is 0 Å². The second-order valence-electron chi connectivity index (χ2n) is 9.81. The Hall–Kier alpha value is -3.59. The highest BCUT2D eigenvalue weighted by atomic mass is 16.6. The highest BCUT2D eigenvalue weighted by Gasteiger charge is 2.28. The van der Waals surface area contributed by atoms with Gasteiger partial charge < -0.3 is 29.8 Å². The number of benzene rings is 2. The third kappa shape index (κ3) is 6.15. The molecule has 0 radical (unpaired) electrons. The molecule has 0 aliphatic carbocycles. The molecule has 0 saturated carbocycles. The summed E-state index contributed by atoms with van der Waals surface area (Å²) in [5.74, 6) is 0.260. The van der Waals surface area contributed by atoms with E-state index in [9.17, 15) is 9.59 Å². The van der Waals surface area contributed by atoms with Crippen molar-refractivity contribution in [3.05, 3.63) is 42.0 Å². The highest BCUT2D eigenvalue weighted by Crippen LogP contribution is 2.29. The first-order valence-corrected chi connectivity index (χ1v) is 12.3. The Balaban J connectivity index is 1.24. The van der Waals surface area contributed by atoms with Crippen LogP contribution in [-0.4, -0.2) is 53.3 Å². The predicted molar refractivity (Wildman–Crippen MR) is 139 cm³/mol. The number of ether oxygens (including phenoxy) is 2. The van der Waals surface area contributed by atoms with Gasteiger partial charge >= 0.3 is 6.09 Å². The van der Waals surface area contributed by atoms with Gasteiger partial charge in [0.15, 0.2) is 5.58 Å². The van der Waals surface area contributed by atoms with Gasteiger partial charge in [-0.15, -0.1) is 0 Å². The van der Waals surface area contributed by atoms with Crippen molar-refractivity contribution in [2.24, 2.45) is 0 Å². The van der Waals surface area contributed by atoms with Crippen molar-refractivity contribution in [2.45, 2.75) is 58.7 Å². The van der Waals surface area contributed by atoms with E-state index in [1.807, 2.05) is 45.9 Å². The van der Waals surface area contributed by atoms with Crippen molar-refractivity contribution in [3.8, 4) is 11.5 Å². The average Bonchev–Trinajstić information content (AvgIpc) is 3.28. The van der Waals surface area contributed by atoms with Crippen LogP contribution >= 0.6 is 0 Å². The molecule has 1 saturated heterocycles. The number of fused-ring (bicyclic) bond motifs is 1. The largest absolute Gasteiger partial charge is 0.443 e. The van der Waals surface area contributed by atoms with Crippen LogP contribution in [0.5, 0.6) is 0 Å². The Morgan fingerprint density at radius 1 is 1.19 bits per heavy atom. The van der Waals surface area contributed by atoms with Crippen molar-refractivity contribution in [2.75, 3.05) is 30.7 Å². The maximum Gasteiger partial charge on any atom is 0.410 e. The number of nitrogen functional groups attached to an aromatic ring is 1. The van der Waals surface area contributed by atoms with Crippen LogP contribution in [0.3, 0.4) is 0 Å². The van der Waals surface area contributed by atoms with Crippen LogP contribution in [0.4, 0.5) is 16.2 Å². The molecule has 4 rings (SSSR count). The summed E-state index contributed by atoms with van der Waals surface area (Å²) in [4.78, 5) is 30.9. The Bertz CT molecular complexity index is 1230. The molecule has 0 bridgehead atoms. The summed E-state index contributed by atoms with van der Waals surface area (Å²) in [6, 6.07) is 10.9. The molecule has 36 heavy (non-hydrogen) atoms. The minimum Gasteiger partial charge on any atom is -0.443 e. The number of hydrogen-bond donors (Lipinski definition) is 2. The molecule has 0 spiro atoms. The number of aryl methyl sites for hydroxylation is 1. The zero-order valence-corrected chi connectivity index (χ0v) is 21.3. The molecule has 2 amide bonds. The fraction of sp³-hybridized carbons (Fsp3) is 0.444. The monoisotopic (exact) mass is 494 g/mol. The van der Waals surface area contributed by atoms with E-state index in [0.29, 0.717) is 54.3 Å². The zero-order valence-electron chi connectivity index (χ0n) is 21.3. The molecule has 1 fully saturated rings. The van der Waals surface area contributed by atoms with Crippen LogP contribution in [0.25, 0.3) is 22.6 Å². The van der Waals surface area contributed by atoms with E-state index in [1.165, 1.54) is 0 Å². The lowest BCUT2D eigenvalue weighted by molar-refractivity contribution is -0.123. The summed E-state index contributed by atoms with van der Waals surface area (Å²) in [7, 11) is 0. The second-order valence-corrected chi connectivity index (χ2v) is 9.81. The van der Waals surface area contributed by atoms with Gasteiger partial charge in [-0.1, -0.05) is 6.92 Å². The van der Waals surface area contributed by atoms with E-state index in [-0.39, 0.29) is 24.7 Å². The summed E-state index contributed by atoms with van der Waals surface area (Å²) in [6.07, 6.45) is 1.72. The van der Waals surface area contributed by atoms with Gasteiger partial charge in [-0.05, 0) is 82.0 Å². The molecule has 1 aliphatic heterocycles. The Morgan fingerprint density at radius 3 is 2.56 bits per heavy atom. The molecule has 1 aliphatic rings. The lowest BCUT2D eigenvalue weighted by Gasteiger charge is -2.34. The molecular weight excluding hydrogens is 460 g/mol. The van der Waals surface area contributed by atoms with Gasteiger partial charge in [0.25, 0.3) is 0 Å². The average molecular weight is 495 g/mol. The minimum atomic E-state index is -0.475. The normalized spacial score (nSPS) is 14.7. The topological polar surface area (TPSA) is 120 Å². The van der Waals surface area contributed by atoms with Crippen molar-refractivity contribution >= 4 is 34.5 Å². The molecule has 3 aromatic rings. The summed E-state index contributed by atoms with van der Waals surface area (Å²) < 4.78 is 17.3.